The van der Waals surface area contributed by atoms with Crippen molar-refractivity contribution >= 4 is 28.4 Å². The highest BCUT2D eigenvalue weighted by Crippen LogP contribution is 2.27. The number of thiazole rings is 1. The Labute approximate surface area is 158 Å². The smallest absolute Gasteiger partial charge is 0.370 e. The molecular formula is C15H19F3N8S. The first kappa shape index (κ1) is 19.1. The summed E-state index contributed by atoms with van der Waals surface area (Å²) in [4.78, 5) is 19.9. The van der Waals surface area contributed by atoms with Crippen LogP contribution in [0.5, 0.6) is 0 Å². The van der Waals surface area contributed by atoms with Crippen LogP contribution in [0.4, 0.5) is 24.3 Å². The van der Waals surface area contributed by atoms with Crippen LogP contribution < -0.4 is 16.0 Å². The van der Waals surface area contributed by atoms with Crippen LogP contribution in [-0.4, -0.2) is 65.1 Å². The number of hydrogen-bond donors (Lipinski definition) is 2. The molecule has 0 spiro atoms. The summed E-state index contributed by atoms with van der Waals surface area (Å²) >= 11 is 1.60. The molecule has 27 heavy (non-hydrogen) atoms. The van der Waals surface area contributed by atoms with Crippen LogP contribution in [0.3, 0.4) is 0 Å². The number of alkyl halides is 3. The van der Waals surface area contributed by atoms with Gasteiger partial charge >= 0.3 is 6.18 Å². The Morgan fingerprint density at radius 2 is 2.00 bits per heavy atom. The molecule has 0 bridgehead atoms. The van der Waals surface area contributed by atoms with Crippen molar-refractivity contribution in [1.29, 1.82) is 0 Å². The zero-order valence-electron chi connectivity index (χ0n) is 14.4. The molecule has 0 unspecified atom stereocenters. The van der Waals surface area contributed by atoms with Crippen molar-refractivity contribution in [3.05, 3.63) is 29.5 Å². The van der Waals surface area contributed by atoms with Crippen molar-refractivity contribution in [1.82, 2.24) is 19.9 Å². The van der Waals surface area contributed by atoms with Crippen molar-refractivity contribution in [2.75, 3.05) is 49.5 Å². The third-order valence-corrected chi connectivity index (χ3v) is 4.74. The van der Waals surface area contributed by atoms with Crippen molar-refractivity contribution in [2.45, 2.75) is 6.18 Å². The third-order valence-electron chi connectivity index (χ3n) is 3.91. The first-order valence-corrected chi connectivity index (χ1v) is 9.15. The lowest BCUT2D eigenvalue weighted by molar-refractivity contribution is -0.141. The summed E-state index contributed by atoms with van der Waals surface area (Å²) in [6.07, 6.45) is -1.65. The van der Waals surface area contributed by atoms with Gasteiger partial charge in [-0.25, -0.2) is 15.0 Å². The summed E-state index contributed by atoms with van der Waals surface area (Å²) in [6, 6.07) is 0.826. The maximum absolute atomic E-state index is 12.6. The molecule has 3 heterocycles. The van der Waals surface area contributed by atoms with Gasteiger partial charge in [-0.3, -0.25) is 4.99 Å². The van der Waals surface area contributed by atoms with E-state index >= 15 is 0 Å². The van der Waals surface area contributed by atoms with Gasteiger partial charge in [0.25, 0.3) is 0 Å². The number of piperazine rings is 1. The molecule has 3 rings (SSSR count). The van der Waals surface area contributed by atoms with Gasteiger partial charge in [-0.15, -0.1) is 11.3 Å². The van der Waals surface area contributed by atoms with Gasteiger partial charge < -0.3 is 20.9 Å². The lowest BCUT2D eigenvalue weighted by Crippen LogP contribution is -2.51. The second-order valence-corrected chi connectivity index (χ2v) is 6.59. The standard InChI is InChI=1S/C15H19F3N8S/c16-15(17,18)11-1-2-21-13(24-11)22-4-3-20-12(19)25-6-8-26(9-7-25)14-23-5-10-27-14/h1-2,5,10H,3-4,6-9H2,(H2,19,20)(H,21,22,24). The highest BCUT2D eigenvalue weighted by molar-refractivity contribution is 7.13. The van der Waals surface area contributed by atoms with E-state index in [0.717, 1.165) is 43.6 Å². The van der Waals surface area contributed by atoms with Gasteiger partial charge in [-0.05, 0) is 6.07 Å². The maximum atomic E-state index is 12.6. The lowest BCUT2D eigenvalue weighted by atomic mass is 10.3. The molecular weight excluding hydrogens is 381 g/mol. The van der Waals surface area contributed by atoms with Gasteiger partial charge in [-0.1, -0.05) is 0 Å². The van der Waals surface area contributed by atoms with Gasteiger partial charge in [0.1, 0.15) is 5.69 Å². The van der Waals surface area contributed by atoms with Crippen LogP contribution in [0.2, 0.25) is 0 Å². The predicted octanol–water partition coefficient (Wildman–Crippen LogP) is 1.50. The maximum Gasteiger partial charge on any atom is 0.433 e. The molecule has 1 aliphatic heterocycles. The molecule has 2 aromatic rings. The topological polar surface area (TPSA) is 95.6 Å². The largest absolute Gasteiger partial charge is 0.433 e. The lowest BCUT2D eigenvalue weighted by Gasteiger charge is -2.35. The molecule has 0 amide bonds. The normalized spacial score (nSPS) is 15.9. The number of rotatable bonds is 5. The fourth-order valence-corrected chi connectivity index (χ4v) is 3.24. The van der Waals surface area contributed by atoms with Gasteiger partial charge in [0.05, 0.1) is 6.54 Å². The van der Waals surface area contributed by atoms with Gasteiger partial charge in [0.15, 0.2) is 11.1 Å². The molecule has 0 atom stereocenters. The SMILES string of the molecule is NC(=NCCNc1nccc(C(F)(F)F)n1)N1CCN(c2nccs2)CC1. The van der Waals surface area contributed by atoms with E-state index in [1.165, 1.54) is 0 Å². The quantitative estimate of drug-likeness (QED) is 0.446. The summed E-state index contributed by atoms with van der Waals surface area (Å²) in [5.74, 6) is 0.330. The van der Waals surface area contributed by atoms with Crippen LogP contribution >= 0.6 is 11.3 Å². The van der Waals surface area contributed by atoms with E-state index in [2.05, 4.69) is 30.2 Å². The monoisotopic (exact) mass is 400 g/mol. The minimum Gasteiger partial charge on any atom is -0.370 e. The molecule has 0 aliphatic carbocycles. The first-order valence-electron chi connectivity index (χ1n) is 8.27. The number of aliphatic imine (C=N–C) groups is 1. The Bertz CT molecular complexity index is 757. The number of hydrogen-bond acceptors (Lipinski definition) is 7. The van der Waals surface area contributed by atoms with E-state index in [0.29, 0.717) is 12.5 Å². The molecule has 3 N–H and O–H groups in total. The number of aromatic nitrogens is 3. The van der Waals surface area contributed by atoms with Crippen LogP contribution in [0, 0.1) is 0 Å². The van der Waals surface area contributed by atoms with Gasteiger partial charge in [0.2, 0.25) is 5.95 Å². The average Bonchev–Trinajstić information content (AvgIpc) is 3.19. The highest BCUT2D eigenvalue weighted by atomic mass is 32.1. The molecule has 1 saturated heterocycles. The Morgan fingerprint density at radius 1 is 1.22 bits per heavy atom. The zero-order chi connectivity index (χ0) is 19.3. The third kappa shape index (κ3) is 5.18. The van der Waals surface area contributed by atoms with Crippen molar-refractivity contribution in [2.24, 2.45) is 10.7 Å². The van der Waals surface area contributed by atoms with Gasteiger partial charge in [-0.2, -0.15) is 13.2 Å². The summed E-state index contributed by atoms with van der Waals surface area (Å²) in [7, 11) is 0. The molecule has 146 valence electrons. The summed E-state index contributed by atoms with van der Waals surface area (Å²) < 4.78 is 37.9. The highest BCUT2D eigenvalue weighted by Gasteiger charge is 2.32. The van der Waals surface area contributed by atoms with Crippen LogP contribution in [0.1, 0.15) is 5.69 Å². The Hall–Kier alpha value is -2.63. The van der Waals surface area contributed by atoms with Crippen molar-refractivity contribution in [3.8, 4) is 0 Å². The zero-order valence-corrected chi connectivity index (χ0v) is 15.2. The minimum absolute atomic E-state index is 0.0874. The van der Waals surface area contributed by atoms with E-state index in [1.807, 2.05) is 10.3 Å². The summed E-state index contributed by atoms with van der Waals surface area (Å²) in [5.41, 5.74) is 5.02. The average molecular weight is 400 g/mol. The molecule has 0 radical (unpaired) electrons. The Kier molecular flexibility index (Phi) is 5.94. The van der Waals surface area contributed by atoms with Crippen molar-refractivity contribution < 1.29 is 13.2 Å². The minimum atomic E-state index is -4.50. The predicted molar refractivity (Wildman–Crippen MR) is 97.9 cm³/mol. The molecule has 2 aromatic heterocycles. The van der Waals surface area contributed by atoms with Gasteiger partial charge in [0, 0.05) is 50.5 Å². The number of nitrogens with zero attached hydrogens (tertiary/aromatic N) is 6. The Balaban J connectivity index is 1.44. The summed E-state index contributed by atoms with van der Waals surface area (Å²) in [5, 5.41) is 5.66. The molecule has 0 saturated carbocycles. The number of guanidine groups is 1. The second kappa shape index (κ2) is 8.37. The second-order valence-electron chi connectivity index (χ2n) is 5.72. The van der Waals surface area contributed by atoms with Crippen LogP contribution in [-0.2, 0) is 6.18 Å². The van der Waals surface area contributed by atoms with E-state index in [1.54, 1.807) is 17.5 Å². The van der Waals surface area contributed by atoms with E-state index in [9.17, 15) is 13.2 Å². The van der Waals surface area contributed by atoms with Crippen molar-refractivity contribution in [3.63, 3.8) is 0 Å². The summed E-state index contributed by atoms with van der Waals surface area (Å²) in [6.45, 7) is 3.66. The molecule has 0 aromatic carbocycles. The van der Waals surface area contributed by atoms with Crippen LogP contribution in [0.15, 0.2) is 28.8 Å². The molecule has 1 aliphatic rings. The Morgan fingerprint density at radius 3 is 2.67 bits per heavy atom. The van der Waals surface area contributed by atoms with Crippen LogP contribution in [0.25, 0.3) is 0 Å². The number of anilines is 2. The van der Waals surface area contributed by atoms with E-state index < -0.39 is 11.9 Å². The fraction of sp³-hybridized carbons (Fsp3) is 0.467. The van der Waals surface area contributed by atoms with E-state index in [4.69, 9.17) is 5.73 Å². The number of nitrogens with one attached hydrogen (secondary N) is 1. The molecule has 12 heteroatoms. The fourth-order valence-electron chi connectivity index (χ4n) is 2.54. The number of nitrogens with two attached hydrogens (primary N) is 1. The van der Waals surface area contributed by atoms with E-state index in [-0.39, 0.29) is 12.5 Å². The number of halogens is 3. The first-order chi connectivity index (χ1) is 12.9. The molecule has 1 fully saturated rings. The molecule has 8 nitrogen and oxygen atoms in total.